The van der Waals surface area contributed by atoms with Crippen LogP contribution >= 0.6 is 0 Å². The van der Waals surface area contributed by atoms with Crippen molar-refractivity contribution in [2.75, 3.05) is 50.8 Å². The van der Waals surface area contributed by atoms with Gasteiger partial charge in [-0.05, 0) is 74.7 Å². The highest BCUT2D eigenvalue weighted by molar-refractivity contribution is 7.89. The number of carbonyl (C=O) groups excluding carboxylic acids is 1. The molecule has 3 saturated heterocycles. The predicted molar refractivity (Wildman–Crippen MR) is 123 cm³/mol. The van der Waals surface area contributed by atoms with Crippen LogP contribution in [-0.2, 0) is 14.8 Å². The van der Waals surface area contributed by atoms with Gasteiger partial charge >= 0.3 is 6.09 Å². The Balaban J connectivity index is 1.40. The van der Waals surface area contributed by atoms with Crippen LogP contribution in [0.1, 0.15) is 52.9 Å². The predicted octanol–water partition coefficient (Wildman–Crippen LogP) is 3.34. The minimum atomic E-state index is -3.61. The SMILES string of the molecule is CC(C)(C)CCN1CCC2(CCCN(S(=O)(=O)c3ccc(N4CCOC4=O)nc3)C2)CC1. The molecule has 0 N–H and O–H groups in total. The topological polar surface area (TPSA) is 83.0 Å². The molecule has 3 aliphatic rings. The third-order valence-electron chi connectivity index (χ3n) is 7.12. The van der Waals surface area contributed by atoms with E-state index in [1.54, 1.807) is 16.4 Å². The van der Waals surface area contributed by atoms with Crippen molar-refractivity contribution in [3.63, 3.8) is 0 Å². The standard InChI is InChI=1S/C23H36N4O4S/c1-22(2,3)8-12-25-13-9-23(10-14-25)7-4-11-26(18-23)32(29,30)19-5-6-20(24-17-19)27-15-16-31-21(27)28/h5-6,17H,4,7-16,18H2,1-3H3. The van der Waals surface area contributed by atoms with Crippen molar-refractivity contribution in [1.29, 1.82) is 0 Å². The summed E-state index contributed by atoms with van der Waals surface area (Å²) in [6, 6.07) is 3.15. The fourth-order valence-corrected chi connectivity index (χ4v) is 6.49. The minimum absolute atomic E-state index is 0.0796. The van der Waals surface area contributed by atoms with Crippen molar-refractivity contribution >= 4 is 21.9 Å². The normalized spacial score (nSPS) is 23.0. The van der Waals surface area contributed by atoms with E-state index >= 15 is 0 Å². The van der Waals surface area contributed by atoms with Gasteiger partial charge in [0.2, 0.25) is 10.0 Å². The van der Waals surface area contributed by atoms with Gasteiger partial charge in [0.15, 0.2) is 0 Å². The van der Waals surface area contributed by atoms with Gasteiger partial charge in [-0.3, -0.25) is 4.90 Å². The third-order valence-corrected chi connectivity index (χ3v) is 8.95. The highest BCUT2D eigenvalue weighted by atomic mass is 32.2. The Bertz CT molecular complexity index is 918. The van der Waals surface area contributed by atoms with E-state index in [0.29, 0.717) is 37.5 Å². The molecular formula is C23H36N4O4S. The Morgan fingerprint density at radius 3 is 2.44 bits per heavy atom. The van der Waals surface area contributed by atoms with E-state index in [4.69, 9.17) is 4.74 Å². The molecule has 8 nitrogen and oxygen atoms in total. The molecule has 1 aromatic rings. The van der Waals surface area contributed by atoms with E-state index in [9.17, 15) is 13.2 Å². The van der Waals surface area contributed by atoms with Crippen LogP contribution in [0.4, 0.5) is 10.6 Å². The fraction of sp³-hybridized carbons (Fsp3) is 0.739. The quantitative estimate of drug-likeness (QED) is 0.665. The molecule has 0 saturated carbocycles. The lowest BCUT2D eigenvalue weighted by Crippen LogP contribution is -2.51. The van der Waals surface area contributed by atoms with Crippen LogP contribution in [0.15, 0.2) is 23.2 Å². The number of hydrogen-bond acceptors (Lipinski definition) is 6. The van der Waals surface area contributed by atoms with Gasteiger partial charge in [0.25, 0.3) is 0 Å². The van der Waals surface area contributed by atoms with Crippen molar-refractivity contribution < 1.29 is 17.9 Å². The van der Waals surface area contributed by atoms with Crippen LogP contribution in [0.3, 0.4) is 0 Å². The summed E-state index contributed by atoms with van der Waals surface area (Å²) in [6.07, 6.45) is 6.20. The number of piperidine rings is 2. The summed E-state index contributed by atoms with van der Waals surface area (Å²) < 4.78 is 33.3. The molecule has 1 amide bonds. The van der Waals surface area contributed by atoms with E-state index in [2.05, 4.69) is 30.7 Å². The Kier molecular flexibility index (Phi) is 6.53. The monoisotopic (exact) mass is 464 g/mol. The summed E-state index contributed by atoms with van der Waals surface area (Å²) in [5.41, 5.74) is 0.416. The first-order valence-electron chi connectivity index (χ1n) is 11.7. The van der Waals surface area contributed by atoms with Crippen LogP contribution in [0.2, 0.25) is 0 Å². The molecule has 32 heavy (non-hydrogen) atoms. The second-order valence-corrected chi connectivity index (χ2v) is 12.7. The van der Waals surface area contributed by atoms with Crippen molar-refractivity contribution in [2.24, 2.45) is 10.8 Å². The lowest BCUT2D eigenvalue weighted by molar-refractivity contribution is 0.0485. The summed E-state index contributed by atoms with van der Waals surface area (Å²) in [5.74, 6) is 0.421. The molecule has 0 bridgehead atoms. The number of amides is 1. The lowest BCUT2D eigenvalue weighted by atomic mass is 9.73. The number of ether oxygens (including phenoxy) is 1. The van der Waals surface area contributed by atoms with Gasteiger partial charge in [-0.15, -0.1) is 0 Å². The molecule has 178 valence electrons. The molecule has 4 rings (SSSR count). The van der Waals surface area contributed by atoms with E-state index in [-0.39, 0.29) is 10.3 Å². The highest BCUT2D eigenvalue weighted by Gasteiger charge is 2.42. The Hall–Kier alpha value is -1.71. The molecule has 4 heterocycles. The summed E-state index contributed by atoms with van der Waals surface area (Å²) >= 11 is 0. The van der Waals surface area contributed by atoms with Crippen LogP contribution in [0.25, 0.3) is 0 Å². The Morgan fingerprint density at radius 1 is 1.09 bits per heavy atom. The number of carbonyl (C=O) groups is 1. The second-order valence-electron chi connectivity index (χ2n) is 10.7. The summed E-state index contributed by atoms with van der Waals surface area (Å²) in [4.78, 5) is 20.1. The van der Waals surface area contributed by atoms with E-state index in [1.165, 1.54) is 17.5 Å². The third kappa shape index (κ3) is 5.10. The molecule has 3 aliphatic heterocycles. The Labute approximate surface area is 192 Å². The van der Waals surface area contributed by atoms with Gasteiger partial charge in [-0.2, -0.15) is 4.31 Å². The second kappa shape index (κ2) is 8.91. The Morgan fingerprint density at radius 2 is 1.84 bits per heavy atom. The molecule has 0 aromatic carbocycles. The van der Waals surface area contributed by atoms with Gasteiger partial charge in [0.1, 0.15) is 17.3 Å². The summed E-state index contributed by atoms with van der Waals surface area (Å²) in [7, 11) is -3.61. The van der Waals surface area contributed by atoms with Crippen molar-refractivity contribution in [3.8, 4) is 0 Å². The van der Waals surface area contributed by atoms with Crippen molar-refractivity contribution in [2.45, 2.75) is 57.8 Å². The molecule has 3 fully saturated rings. The first-order chi connectivity index (χ1) is 15.1. The minimum Gasteiger partial charge on any atom is -0.447 e. The molecular weight excluding hydrogens is 428 g/mol. The first kappa shape index (κ1) is 23.4. The lowest BCUT2D eigenvalue weighted by Gasteiger charge is -2.47. The van der Waals surface area contributed by atoms with E-state index in [1.807, 2.05) is 0 Å². The maximum Gasteiger partial charge on any atom is 0.415 e. The summed E-state index contributed by atoms with van der Waals surface area (Å²) in [6.45, 7) is 11.9. The number of cyclic esters (lactones) is 1. The average molecular weight is 465 g/mol. The highest BCUT2D eigenvalue weighted by Crippen LogP contribution is 2.41. The number of hydrogen-bond donors (Lipinski definition) is 0. The average Bonchev–Trinajstić information content (AvgIpc) is 3.19. The zero-order valence-corrected chi connectivity index (χ0v) is 20.4. The van der Waals surface area contributed by atoms with Gasteiger partial charge in [-0.1, -0.05) is 20.8 Å². The number of aromatic nitrogens is 1. The number of likely N-dealkylation sites (tertiary alicyclic amines) is 1. The number of anilines is 1. The summed E-state index contributed by atoms with van der Waals surface area (Å²) in [5, 5.41) is 0. The van der Waals surface area contributed by atoms with Crippen LogP contribution < -0.4 is 4.90 Å². The van der Waals surface area contributed by atoms with Gasteiger partial charge in [0.05, 0.1) is 6.54 Å². The zero-order valence-electron chi connectivity index (χ0n) is 19.5. The van der Waals surface area contributed by atoms with Gasteiger partial charge < -0.3 is 9.64 Å². The van der Waals surface area contributed by atoms with Crippen molar-refractivity contribution in [3.05, 3.63) is 18.3 Å². The molecule has 0 unspecified atom stereocenters. The van der Waals surface area contributed by atoms with Gasteiger partial charge in [-0.25, -0.2) is 18.2 Å². The molecule has 1 spiro atoms. The molecule has 0 atom stereocenters. The smallest absolute Gasteiger partial charge is 0.415 e. The molecule has 0 radical (unpaired) electrons. The maximum absolute atomic E-state index is 13.4. The van der Waals surface area contributed by atoms with E-state index < -0.39 is 16.1 Å². The van der Waals surface area contributed by atoms with Crippen molar-refractivity contribution in [1.82, 2.24) is 14.2 Å². The molecule has 9 heteroatoms. The molecule has 1 aromatic heterocycles. The largest absolute Gasteiger partial charge is 0.447 e. The number of sulfonamides is 1. The number of pyridine rings is 1. The molecule has 0 aliphatic carbocycles. The first-order valence-corrected chi connectivity index (χ1v) is 13.2. The zero-order chi connectivity index (χ0) is 23.0. The van der Waals surface area contributed by atoms with E-state index in [0.717, 1.165) is 45.3 Å². The van der Waals surface area contributed by atoms with Crippen LogP contribution in [0.5, 0.6) is 0 Å². The maximum atomic E-state index is 13.4. The van der Waals surface area contributed by atoms with Gasteiger partial charge in [0, 0.05) is 19.3 Å². The van der Waals surface area contributed by atoms with Crippen LogP contribution in [0, 0.1) is 10.8 Å². The fourth-order valence-electron chi connectivity index (χ4n) is 4.96. The van der Waals surface area contributed by atoms with Crippen LogP contribution in [-0.4, -0.2) is 74.6 Å². The number of nitrogens with zero attached hydrogens (tertiary/aromatic N) is 4. The number of rotatable bonds is 5.